The maximum atomic E-state index is 12.6. The molecule has 3 aromatic rings. The molecule has 0 amide bonds. The van der Waals surface area contributed by atoms with E-state index in [1.54, 1.807) is 17.4 Å². The van der Waals surface area contributed by atoms with Crippen LogP contribution in [0, 0.1) is 5.95 Å². The minimum absolute atomic E-state index is 0.368. The zero-order valence-corrected chi connectivity index (χ0v) is 10.2. The van der Waals surface area contributed by atoms with Crippen LogP contribution in [0.25, 0.3) is 10.2 Å². The van der Waals surface area contributed by atoms with Crippen molar-refractivity contribution in [3.63, 3.8) is 0 Å². The standard InChI is InChI=1S/C13H9FN2OS/c14-12-6-5-9(7-15-12)17-8-13-16-10-3-1-2-4-11(10)18-13/h1-7H,8H2. The molecule has 18 heavy (non-hydrogen) atoms. The number of hydrogen-bond donors (Lipinski definition) is 0. The van der Waals surface area contributed by atoms with Crippen LogP contribution in [-0.4, -0.2) is 9.97 Å². The van der Waals surface area contributed by atoms with Gasteiger partial charge in [-0.3, -0.25) is 0 Å². The van der Waals surface area contributed by atoms with Crippen LogP contribution >= 0.6 is 11.3 Å². The van der Waals surface area contributed by atoms with Gasteiger partial charge in [-0.1, -0.05) is 12.1 Å². The molecule has 0 saturated carbocycles. The molecule has 0 unspecified atom stereocenters. The van der Waals surface area contributed by atoms with E-state index in [2.05, 4.69) is 9.97 Å². The Morgan fingerprint density at radius 3 is 2.83 bits per heavy atom. The van der Waals surface area contributed by atoms with Crippen molar-refractivity contribution in [2.75, 3.05) is 0 Å². The summed E-state index contributed by atoms with van der Waals surface area (Å²) in [6, 6.07) is 10.7. The smallest absolute Gasteiger partial charge is 0.213 e. The van der Waals surface area contributed by atoms with E-state index in [0.29, 0.717) is 12.4 Å². The SMILES string of the molecule is Fc1ccc(OCc2nc3ccccc3s2)cn1. The van der Waals surface area contributed by atoms with Gasteiger partial charge < -0.3 is 4.74 Å². The first kappa shape index (κ1) is 11.1. The molecule has 90 valence electrons. The molecule has 2 aromatic heterocycles. The predicted octanol–water partition coefficient (Wildman–Crippen LogP) is 3.41. The number of aromatic nitrogens is 2. The maximum absolute atomic E-state index is 12.6. The molecule has 0 saturated heterocycles. The fourth-order valence-electron chi connectivity index (χ4n) is 1.57. The van der Waals surface area contributed by atoms with Gasteiger partial charge in [0.05, 0.1) is 16.4 Å². The number of nitrogens with zero attached hydrogens (tertiary/aromatic N) is 2. The first-order valence-electron chi connectivity index (χ1n) is 5.40. The zero-order chi connectivity index (χ0) is 12.4. The molecule has 0 aliphatic carbocycles. The highest BCUT2D eigenvalue weighted by Gasteiger charge is 2.04. The van der Waals surface area contributed by atoms with Crippen molar-refractivity contribution < 1.29 is 9.13 Å². The number of halogens is 1. The van der Waals surface area contributed by atoms with Crippen molar-refractivity contribution in [3.05, 3.63) is 53.6 Å². The van der Waals surface area contributed by atoms with Gasteiger partial charge in [0.2, 0.25) is 5.95 Å². The Hall–Kier alpha value is -2.01. The fourth-order valence-corrected chi connectivity index (χ4v) is 2.45. The zero-order valence-electron chi connectivity index (χ0n) is 9.34. The van der Waals surface area contributed by atoms with Crippen molar-refractivity contribution in [2.45, 2.75) is 6.61 Å². The van der Waals surface area contributed by atoms with E-state index in [4.69, 9.17) is 4.74 Å². The quantitative estimate of drug-likeness (QED) is 0.677. The number of rotatable bonds is 3. The average molecular weight is 260 g/mol. The van der Waals surface area contributed by atoms with E-state index in [-0.39, 0.29) is 0 Å². The van der Waals surface area contributed by atoms with E-state index in [1.165, 1.54) is 12.3 Å². The van der Waals surface area contributed by atoms with Crippen molar-refractivity contribution >= 4 is 21.6 Å². The number of ether oxygens (including phenoxy) is 1. The molecule has 0 spiro atoms. The number of para-hydroxylation sites is 1. The largest absolute Gasteiger partial charge is 0.485 e. The Bertz CT molecular complexity index is 633. The first-order chi connectivity index (χ1) is 8.81. The topological polar surface area (TPSA) is 35.0 Å². The second-order valence-corrected chi connectivity index (χ2v) is 4.80. The van der Waals surface area contributed by atoms with Gasteiger partial charge in [0, 0.05) is 0 Å². The van der Waals surface area contributed by atoms with Gasteiger partial charge in [-0.25, -0.2) is 9.97 Å². The lowest BCUT2D eigenvalue weighted by Gasteiger charge is -2.02. The van der Waals surface area contributed by atoms with Gasteiger partial charge in [0.1, 0.15) is 17.4 Å². The first-order valence-corrected chi connectivity index (χ1v) is 6.22. The minimum atomic E-state index is -0.512. The number of hydrogen-bond acceptors (Lipinski definition) is 4. The van der Waals surface area contributed by atoms with E-state index in [1.807, 2.05) is 24.3 Å². The van der Waals surface area contributed by atoms with Crippen molar-refractivity contribution in [3.8, 4) is 5.75 Å². The molecule has 3 nitrogen and oxygen atoms in total. The van der Waals surface area contributed by atoms with E-state index < -0.39 is 5.95 Å². The third-order valence-corrected chi connectivity index (χ3v) is 3.41. The molecule has 0 radical (unpaired) electrons. The van der Waals surface area contributed by atoms with Crippen LogP contribution in [0.4, 0.5) is 4.39 Å². The molecule has 0 atom stereocenters. The molecule has 0 aliphatic heterocycles. The van der Waals surface area contributed by atoms with Crippen molar-refractivity contribution in [1.82, 2.24) is 9.97 Å². The van der Waals surface area contributed by atoms with Gasteiger partial charge in [0.25, 0.3) is 0 Å². The van der Waals surface area contributed by atoms with Gasteiger partial charge in [0.15, 0.2) is 0 Å². The molecule has 0 aliphatic rings. The van der Waals surface area contributed by atoms with E-state index in [0.717, 1.165) is 15.2 Å². The number of pyridine rings is 1. The van der Waals surface area contributed by atoms with E-state index in [9.17, 15) is 4.39 Å². The highest BCUT2D eigenvalue weighted by atomic mass is 32.1. The number of benzene rings is 1. The van der Waals surface area contributed by atoms with Crippen LogP contribution in [0.1, 0.15) is 5.01 Å². The molecule has 0 bridgehead atoms. The van der Waals surface area contributed by atoms with Gasteiger partial charge >= 0.3 is 0 Å². The highest BCUT2D eigenvalue weighted by molar-refractivity contribution is 7.18. The third-order valence-electron chi connectivity index (χ3n) is 2.40. The van der Waals surface area contributed by atoms with Gasteiger partial charge in [-0.2, -0.15) is 4.39 Å². The second-order valence-electron chi connectivity index (χ2n) is 3.68. The van der Waals surface area contributed by atoms with E-state index >= 15 is 0 Å². The Morgan fingerprint density at radius 2 is 2.06 bits per heavy atom. The van der Waals surface area contributed by atoms with Crippen molar-refractivity contribution in [2.24, 2.45) is 0 Å². The molecular weight excluding hydrogens is 251 g/mol. The average Bonchev–Trinajstić information content (AvgIpc) is 2.81. The van der Waals surface area contributed by atoms with Crippen LogP contribution in [0.5, 0.6) is 5.75 Å². The lowest BCUT2D eigenvalue weighted by Crippen LogP contribution is -1.95. The summed E-state index contributed by atoms with van der Waals surface area (Å²) in [5, 5.41) is 0.889. The predicted molar refractivity (Wildman–Crippen MR) is 68.1 cm³/mol. The summed E-state index contributed by atoms with van der Waals surface area (Å²) in [5.41, 5.74) is 0.971. The molecule has 0 N–H and O–H groups in total. The van der Waals surface area contributed by atoms with Crippen LogP contribution < -0.4 is 4.74 Å². The third kappa shape index (κ3) is 2.31. The Labute approximate surface area is 107 Å². The summed E-state index contributed by atoms with van der Waals surface area (Å²) < 4.78 is 19.2. The summed E-state index contributed by atoms with van der Waals surface area (Å²) in [5.74, 6) is 0.0259. The summed E-state index contributed by atoms with van der Waals surface area (Å²) >= 11 is 1.59. The molecule has 3 rings (SSSR count). The van der Waals surface area contributed by atoms with Crippen LogP contribution in [-0.2, 0) is 6.61 Å². The van der Waals surface area contributed by atoms with Crippen LogP contribution in [0.3, 0.4) is 0 Å². The molecule has 1 aromatic carbocycles. The lowest BCUT2D eigenvalue weighted by atomic mass is 10.3. The molecule has 2 heterocycles. The number of fused-ring (bicyclic) bond motifs is 1. The van der Waals surface area contributed by atoms with Crippen molar-refractivity contribution in [1.29, 1.82) is 0 Å². The maximum Gasteiger partial charge on any atom is 0.213 e. The minimum Gasteiger partial charge on any atom is -0.485 e. The fraction of sp³-hybridized carbons (Fsp3) is 0.0769. The molecule has 5 heteroatoms. The summed E-state index contributed by atoms with van der Waals surface area (Å²) in [6.45, 7) is 0.368. The molecule has 0 fully saturated rings. The second kappa shape index (κ2) is 4.70. The highest BCUT2D eigenvalue weighted by Crippen LogP contribution is 2.22. The Balaban J connectivity index is 1.74. The van der Waals surface area contributed by atoms with Crippen LogP contribution in [0.2, 0.25) is 0 Å². The lowest BCUT2D eigenvalue weighted by molar-refractivity contribution is 0.303. The van der Waals surface area contributed by atoms with Crippen LogP contribution in [0.15, 0.2) is 42.6 Å². The summed E-state index contributed by atoms with van der Waals surface area (Å²) in [7, 11) is 0. The van der Waals surface area contributed by atoms with Gasteiger partial charge in [-0.05, 0) is 24.3 Å². The molecular formula is C13H9FN2OS. The normalized spacial score (nSPS) is 10.7. The Morgan fingerprint density at radius 1 is 1.17 bits per heavy atom. The van der Waals surface area contributed by atoms with Gasteiger partial charge in [-0.15, -0.1) is 11.3 Å². The Kier molecular flexibility index (Phi) is 2.90. The monoisotopic (exact) mass is 260 g/mol. The summed E-state index contributed by atoms with van der Waals surface area (Å²) in [4.78, 5) is 7.97. The number of thiazole rings is 1. The summed E-state index contributed by atoms with van der Waals surface area (Å²) in [6.07, 6.45) is 1.36.